The summed E-state index contributed by atoms with van der Waals surface area (Å²) in [4.78, 5) is 0. The van der Waals surface area contributed by atoms with E-state index in [4.69, 9.17) is 9.47 Å². The first kappa shape index (κ1) is 13.2. The highest BCUT2D eigenvalue weighted by Crippen LogP contribution is 2.32. The van der Waals surface area contributed by atoms with E-state index in [0.29, 0.717) is 11.5 Å². The molecule has 3 rings (SSSR count). The van der Waals surface area contributed by atoms with Crippen LogP contribution in [0.1, 0.15) is 0 Å². The predicted molar refractivity (Wildman–Crippen MR) is 79.9 cm³/mol. The fraction of sp³-hybridized carbons (Fsp3) is 0.125. The summed E-state index contributed by atoms with van der Waals surface area (Å²) in [7, 11) is 3.23. The van der Waals surface area contributed by atoms with Crippen LogP contribution in [-0.2, 0) is 0 Å². The van der Waals surface area contributed by atoms with Crippen LogP contribution >= 0.6 is 0 Å². The van der Waals surface area contributed by atoms with Gasteiger partial charge < -0.3 is 9.47 Å². The van der Waals surface area contributed by atoms with Gasteiger partial charge in [-0.05, 0) is 30.3 Å². The van der Waals surface area contributed by atoms with E-state index in [1.54, 1.807) is 20.5 Å². The van der Waals surface area contributed by atoms with Crippen LogP contribution in [0.5, 0.6) is 11.5 Å². The van der Waals surface area contributed by atoms with Crippen LogP contribution in [0.25, 0.3) is 17.1 Å². The number of methoxy groups -OCH3 is 2. The number of ether oxygens (including phenoxy) is 2. The Morgan fingerprint density at radius 2 is 1.67 bits per heavy atom. The Labute approximate surface area is 122 Å². The minimum absolute atomic E-state index is 0.664. The first-order valence-electron chi connectivity index (χ1n) is 6.51. The highest BCUT2D eigenvalue weighted by molar-refractivity contribution is 5.63. The maximum Gasteiger partial charge on any atom is 0.168 e. The van der Waals surface area contributed by atoms with Crippen molar-refractivity contribution in [3.8, 4) is 28.6 Å². The molecule has 0 aliphatic heterocycles. The second-order valence-electron chi connectivity index (χ2n) is 4.43. The second kappa shape index (κ2) is 5.66. The topological polar surface area (TPSA) is 49.2 Å². The zero-order valence-electron chi connectivity index (χ0n) is 11.9. The number of nitrogens with zero attached hydrogens (tertiary/aromatic N) is 3. The van der Waals surface area contributed by atoms with Gasteiger partial charge in [-0.2, -0.15) is 0 Å². The molecule has 2 aromatic carbocycles. The van der Waals surface area contributed by atoms with E-state index in [9.17, 15) is 0 Å². The van der Waals surface area contributed by atoms with E-state index in [2.05, 4.69) is 10.2 Å². The molecule has 106 valence electrons. The molecular weight excluding hydrogens is 266 g/mol. The van der Waals surface area contributed by atoms with Crippen molar-refractivity contribution in [1.82, 2.24) is 14.8 Å². The standard InChI is InChI=1S/C16H15N3O2/c1-20-14-9-8-12(10-15(14)21-2)16-18-17-11-19(16)13-6-4-3-5-7-13/h3-11H,1-2H3. The Kier molecular flexibility index (Phi) is 3.55. The molecule has 0 unspecified atom stereocenters. The summed E-state index contributed by atoms with van der Waals surface area (Å²) < 4.78 is 12.5. The lowest BCUT2D eigenvalue weighted by molar-refractivity contribution is 0.355. The van der Waals surface area contributed by atoms with Gasteiger partial charge in [-0.1, -0.05) is 18.2 Å². The van der Waals surface area contributed by atoms with Crippen LogP contribution in [0.2, 0.25) is 0 Å². The minimum Gasteiger partial charge on any atom is -0.493 e. The molecule has 5 heteroatoms. The Hall–Kier alpha value is -2.82. The summed E-state index contributed by atoms with van der Waals surface area (Å²) in [5.74, 6) is 2.10. The summed E-state index contributed by atoms with van der Waals surface area (Å²) in [6, 6.07) is 15.6. The maximum absolute atomic E-state index is 5.34. The highest BCUT2D eigenvalue weighted by Gasteiger charge is 2.12. The van der Waals surface area contributed by atoms with Crippen molar-refractivity contribution in [3.63, 3.8) is 0 Å². The Morgan fingerprint density at radius 3 is 2.38 bits per heavy atom. The molecular formula is C16H15N3O2. The number of hydrogen-bond donors (Lipinski definition) is 0. The molecule has 0 fully saturated rings. The Morgan fingerprint density at radius 1 is 0.905 bits per heavy atom. The predicted octanol–water partition coefficient (Wildman–Crippen LogP) is 2.95. The molecule has 0 atom stereocenters. The van der Waals surface area contributed by atoms with Gasteiger partial charge in [0, 0.05) is 11.3 Å². The number of para-hydroxylation sites is 1. The Balaban J connectivity index is 2.08. The van der Waals surface area contributed by atoms with Crippen LogP contribution in [0, 0.1) is 0 Å². The number of rotatable bonds is 4. The van der Waals surface area contributed by atoms with E-state index in [0.717, 1.165) is 17.1 Å². The smallest absolute Gasteiger partial charge is 0.168 e. The monoisotopic (exact) mass is 281 g/mol. The number of benzene rings is 2. The molecule has 5 nitrogen and oxygen atoms in total. The van der Waals surface area contributed by atoms with Crippen molar-refractivity contribution in [2.45, 2.75) is 0 Å². The molecule has 0 amide bonds. The molecule has 0 aliphatic rings. The molecule has 0 saturated heterocycles. The molecule has 0 bridgehead atoms. The molecule has 0 radical (unpaired) electrons. The van der Waals surface area contributed by atoms with Gasteiger partial charge in [0.2, 0.25) is 0 Å². The molecule has 0 saturated carbocycles. The van der Waals surface area contributed by atoms with E-state index in [1.165, 1.54) is 0 Å². The molecule has 0 aliphatic carbocycles. The van der Waals surface area contributed by atoms with Crippen LogP contribution in [0.3, 0.4) is 0 Å². The normalized spacial score (nSPS) is 10.4. The van der Waals surface area contributed by atoms with Crippen molar-refractivity contribution in [3.05, 3.63) is 54.9 Å². The summed E-state index contributed by atoms with van der Waals surface area (Å²) in [6.07, 6.45) is 1.70. The lowest BCUT2D eigenvalue weighted by Gasteiger charge is -2.10. The SMILES string of the molecule is COc1ccc(-c2nncn2-c2ccccc2)cc1OC. The quantitative estimate of drug-likeness (QED) is 0.737. The molecule has 21 heavy (non-hydrogen) atoms. The zero-order valence-corrected chi connectivity index (χ0v) is 11.9. The summed E-state index contributed by atoms with van der Waals surface area (Å²) >= 11 is 0. The molecule has 3 aromatic rings. The average molecular weight is 281 g/mol. The summed E-state index contributed by atoms with van der Waals surface area (Å²) in [6.45, 7) is 0. The first-order valence-corrected chi connectivity index (χ1v) is 6.51. The van der Waals surface area contributed by atoms with Gasteiger partial charge in [0.05, 0.1) is 14.2 Å². The van der Waals surface area contributed by atoms with Crippen LogP contribution < -0.4 is 9.47 Å². The molecule has 1 heterocycles. The first-order chi connectivity index (χ1) is 10.3. The van der Waals surface area contributed by atoms with Crippen molar-refractivity contribution in [2.75, 3.05) is 14.2 Å². The van der Waals surface area contributed by atoms with Crippen molar-refractivity contribution in [1.29, 1.82) is 0 Å². The van der Waals surface area contributed by atoms with E-state index >= 15 is 0 Å². The summed E-state index contributed by atoms with van der Waals surface area (Å²) in [5, 5.41) is 8.22. The van der Waals surface area contributed by atoms with E-state index in [1.807, 2.05) is 53.1 Å². The fourth-order valence-corrected chi connectivity index (χ4v) is 2.18. The summed E-state index contributed by atoms with van der Waals surface area (Å²) in [5.41, 5.74) is 1.92. The van der Waals surface area contributed by atoms with Gasteiger partial charge in [0.15, 0.2) is 17.3 Å². The second-order valence-corrected chi connectivity index (χ2v) is 4.43. The lowest BCUT2D eigenvalue weighted by atomic mass is 10.2. The van der Waals surface area contributed by atoms with Crippen LogP contribution in [0.15, 0.2) is 54.9 Å². The van der Waals surface area contributed by atoms with Crippen molar-refractivity contribution in [2.24, 2.45) is 0 Å². The van der Waals surface area contributed by atoms with E-state index < -0.39 is 0 Å². The van der Waals surface area contributed by atoms with Crippen LogP contribution in [-0.4, -0.2) is 29.0 Å². The minimum atomic E-state index is 0.664. The fourth-order valence-electron chi connectivity index (χ4n) is 2.18. The number of hydrogen-bond acceptors (Lipinski definition) is 4. The van der Waals surface area contributed by atoms with Gasteiger partial charge in [-0.3, -0.25) is 4.57 Å². The van der Waals surface area contributed by atoms with Gasteiger partial charge in [0.25, 0.3) is 0 Å². The largest absolute Gasteiger partial charge is 0.493 e. The average Bonchev–Trinajstić information content (AvgIpc) is 3.04. The van der Waals surface area contributed by atoms with Gasteiger partial charge in [-0.15, -0.1) is 10.2 Å². The van der Waals surface area contributed by atoms with Crippen molar-refractivity contribution < 1.29 is 9.47 Å². The van der Waals surface area contributed by atoms with E-state index in [-0.39, 0.29) is 0 Å². The van der Waals surface area contributed by atoms with Crippen molar-refractivity contribution >= 4 is 0 Å². The lowest BCUT2D eigenvalue weighted by Crippen LogP contribution is -1.97. The van der Waals surface area contributed by atoms with Gasteiger partial charge in [-0.25, -0.2) is 0 Å². The maximum atomic E-state index is 5.34. The van der Waals surface area contributed by atoms with Gasteiger partial charge >= 0.3 is 0 Å². The van der Waals surface area contributed by atoms with Crippen LogP contribution in [0.4, 0.5) is 0 Å². The molecule has 0 N–H and O–H groups in total. The highest BCUT2D eigenvalue weighted by atomic mass is 16.5. The third kappa shape index (κ3) is 2.45. The zero-order chi connectivity index (χ0) is 14.7. The van der Waals surface area contributed by atoms with Gasteiger partial charge in [0.1, 0.15) is 6.33 Å². The number of aromatic nitrogens is 3. The molecule has 0 spiro atoms. The third-order valence-electron chi connectivity index (χ3n) is 3.22. The Bertz CT molecular complexity index is 738. The third-order valence-corrected chi connectivity index (χ3v) is 3.22. The molecule has 1 aromatic heterocycles.